The molecule has 2 rings (SSSR count). The van der Waals surface area contributed by atoms with E-state index in [0.717, 1.165) is 5.75 Å². The number of ether oxygens (including phenoxy) is 2. The van der Waals surface area contributed by atoms with Crippen molar-refractivity contribution in [3.8, 4) is 11.5 Å². The van der Waals surface area contributed by atoms with Gasteiger partial charge in [-0.05, 0) is 36.4 Å². The predicted molar refractivity (Wildman–Crippen MR) is 78.1 cm³/mol. The third kappa shape index (κ3) is 4.49. The standard InChI is InChI=1S/C16H16FNO3/c1-20-12-6-8-13(9-7-12)21-11-10-16(19)18-15-5-3-2-4-14(15)17/h2-9H,10-11H2,1H3,(H,18,19). The van der Waals surface area contributed by atoms with Crippen LogP contribution in [-0.4, -0.2) is 19.6 Å². The van der Waals surface area contributed by atoms with Crippen molar-refractivity contribution in [3.05, 3.63) is 54.3 Å². The second kappa shape index (κ2) is 7.28. The van der Waals surface area contributed by atoms with Crippen molar-refractivity contribution in [2.45, 2.75) is 6.42 Å². The Morgan fingerprint density at radius 3 is 2.43 bits per heavy atom. The number of hydrogen-bond donors (Lipinski definition) is 1. The molecule has 0 aliphatic carbocycles. The molecule has 0 atom stereocenters. The molecule has 0 aliphatic heterocycles. The Kier molecular flexibility index (Phi) is 5.15. The highest BCUT2D eigenvalue weighted by Gasteiger charge is 2.06. The molecule has 21 heavy (non-hydrogen) atoms. The number of carbonyl (C=O) groups excluding carboxylic acids is 1. The molecule has 5 heteroatoms. The van der Waals surface area contributed by atoms with Crippen LogP contribution >= 0.6 is 0 Å². The summed E-state index contributed by atoms with van der Waals surface area (Å²) in [7, 11) is 1.59. The monoisotopic (exact) mass is 289 g/mol. The number of rotatable bonds is 6. The number of benzene rings is 2. The van der Waals surface area contributed by atoms with E-state index in [4.69, 9.17) is 9.47 Å². The molecule has 110 valence electrons. The van der Waals surface area contributed by atoms with Crippen molar-refractivity contribution >= 4 is 11.6 Å². The first-order valence-electron chi connectivity index (χ1n) is 6.50. The molecule has 1 N–H and O–H groups in total. The topological polar surface area (TPSA) is 47.6 Å². The van der Waals surface area contributed by atoms with E-state index in [1.807, 2.05) is 0 Å². The van der Waals surface area contributed by atoms with Crippen molar-refractivity contribution in [2.24, 2.45) is 0 Å². The van der Waals surface area contributed by atoms with Gasteiger partial charge in [-0.3, -0.25) is 4.79 Å². The minimum Gasteiger partial charge on any atom is -0.497 e. The highest BCUT2D eigenvalue weighted by molar-refractivity contribution is 5.90. The lowest BCUT2D eigenvalue weighted by Gasteiger charge is -2.08. The van der Waals surface area contributed by atoms with E-state index in [1.165, 1.54) is 12.1 Å². The van der Waals surface area contributed by atoms with Gasteiger partial charge in [-0.15, -0.1) is 0 Å². The molecule has 0 bridgehead atoms. The van der Waals surface area contributed by atoms with E-state index in [1.54, 1.807) is 43.5 Å². The Bertz CT molecular complexity index is 599. The number of para-hydroxylation sites is 1. The third-order valence-electron chi connectivity index (χ3n) is 2.81. The van der Waals surface area contributed by atoms with Gasteiger partial charge in [0.05, 0.1) is 25.8 Å². The van der Waals surface area contributed by atoms with Crippen molar-refractivity contribution in [2.75, 3.05) is 19.0 Å². The Morgan fingerprint density at radius 2 is 1.76 bits per heavy atom. The summed E-state index contributed by atoms with van der Waals surface area (Å²) in [5.41, 5.74) is 0.173. The number of halogens is 1. The molecule has 0 saturated heterocycles. The minimum absolute atomic E-state index is 0.139. The minimum atomic E-state index is -0.457. The van der Waals surface area contributed by atoms with Gasteiger partial charge in [-0.25, -0.2) is 4.39 Å². The first-order chi connectivity index (χ1) is 10.2. The molecular weight excluding hydrogens is 273 g/mol. The smallest absolute Gasteiger partial charge is 0.227 e. The number of amides is 1. The normalized spacial score (nSPS) is 10.0. The molecule has 0 unspecified atom stereocenters. The molecular formula is C16H16FNO3. The van der Waals surface area contributed by atoms with Crippen LogP contribution in [0.4, 0.5) is 10.1 Å². The van der Waals surface area contributed by atoms with Gasteiger partial charge >= 0.3 is 0 Å². The van der Waals surface area contributed by atoms with Crippen molar-refractivity contribution in [3.63, 3.8) is 0 Å². The molecule has 0 radical (unpaired) electrons. The van der Waals surface area contributed by atoms with Crippen LogP contribution in [0.1, 0.15) is 6.42 Å². The molecule has 2 aromatic carbocycles. The fourth-order valence-corrected chi connectivity index (χ4v) is 1.71. The summed E-state index contributed by atoms with van der Waals surface area (Å²) >= 11 is 0. The van der Waals surface area contributed by atoms with Crippen molar-refractivity contribution in [1.82, 2.24) is 0 Å². The first-order valence-corrected chi connectivity index (χ1v) is 6.50. The third-order valence-corrected chi connectivity index (χ3v) is 2.81. The average Bonchev–Trinajstić information content (AvgIpc) is 2.50. The fraction of sp³-hybridized carbons (Fsp3) is 0.188. The summed E-state index contributed by atoms with van der Waals surface area (Å²) in [4.78, 5) is 11.7. The lowest BCUT2D eigenvalue weighted by atomic mass is 10.3. The van der Waals surface area contributed by atoms with Crippen LogP contribution in [0.25, 0.3) is 0 Å². The number of anilines is 1. The van der Waals surface area contributed by atoms with Gasteiger partial charge in [0.15, 0.2) is 0 Å². The van der Waals surface area contributed by atoms with Crippen molar-refractivity contribution in [1.29, 1.82) is 0 Å². The molecule has 0 spiro atoms. The maximum atomic E-state index is 13.4. The van der Waals surface area contributed by atoms with Crippen LogP contribution in [-0.2, 0) is 4.79 Å². The van der Waals surface area contributed by atoms with Gasteiger partial charge < -0.3 is 14.8 Å². The van der Waals surface area contributed by atoms with Gasteiger partial charge in [0.25, 0.3) is 0 Å². The summed E-state index contributed by atoms with van der Waals surface area (Å²) < 4.78 is 23.8. The summed E-state index contributed by atoms with van der Waals surface area (Å²) in [6.07, 6.45) is 0.139. The van der Waals surface area contributed by atoms with E-state index in [2.05, 4.69) is 5.32 Å². The highest BCUT2D eigenvalue weighted by Crippen LogP contribution is 2.17. The lowest BCUT2D eigenvalue weighted by molar-refractivity contribution is -0.116. The summed E-state index contributed by atoms with van der Waals surface area (Å²) in [5, 5.41) is 2.50. The first kappa shape index (κ1) is 14.8. The van der Waals surface area contributed by atoms with E-state index < -0.39 is 5.82 Å². The molecule has 0 aliphatic rings. The van der Waals surface area contributed by atoms with Gasteiger partial charge in [-0.1, -0.05) is 12.1 Å². The van der Waals surface area contributed by atoms with E-state index in [-0.39, 0.29) is 24.6 Å². The summed E-state index contributed by atoms with van der Waals surface area (Å²) in [6, 6.07) is 13.1. The van der Waals surface area contributed by atoms with E-state index in [9.17, 15) is 9.18 Å². The quantitative estimate of drug-likeness (QED) is 0.888. The number of methoxy groups -OCH3 is 1. The van der Waals surface area contributed by atoms with Crippen LogP contribution in [0.15, 0.2) is 48.5 Å². The maximum absolute atomic E-state index is 13.4. The fourth-order valence-electron chi connectivity index (χ4n) is 1.71. The number of hydrogen-bond acceptors (Lipinski definition) is 3. The Balaban J connectivity index is 1.77. The molecule has 0 aromatic heterocycles. The zero-order valence-electron chi connectivity index (χ0n) is 11.6. The Labute approximate surface area is 122 Å². The summed E-state index contributed by atoms with van der Waals surface area (Å²) in [5.74, 6) is 0.629. The molecule has 4 nitrogen and oxygen atoms in total. The van der Waals surface area contributed by atoms with Crippen LogP contribution in [0.2, 0.25) is 0 Å². The molecule has 2 aromatic rings. The number of nitrogens with one attached hydrogen (secondary N) is 1. The molecule has 0 saturated carbocycles. The van der Waals surface area contributed by atoms with E-state index in [0.29, 0.717) is 5.75 Å². The van der Waals surface area contributed by atoms with Crippen LogP contribution in [0.5, 0.6) is 11.5 Å². The van der Waals surface area contributed by atoms with Gasteiger partial charge in [0, 0.05) is 0 Å². The highest BCUT2D eigenvalue weighted by atomic mass is 19.1. The van der Waals surface area contributed by atoms with Crippen molar-refractivity contribution < 1.29 is 18.7 Å². The molecule has 0 heterocycles. The SMILES string of the molecule is COc1ccc(OCCC(=O)Nc2ccccc2F)cc1. The van der Waals surface area contributed by atoms with E-state index >= 15 is 0 Å². The Hall–Kier alpha value is -2.56. The van der Waals surface area contributed by atoms with Gasteiger partial charge in [0.2, 0.25) is 5.91 Å². The largest absolute Gasteiger partial charge is 0.497 e. The average molecular weight is 289 g/mol. The zero-order valence-corrected chi connectivity index (χ0v) is 11.6. The number of carbonyl (C=O) groups is 1. The maximum Gasteiger partial charge on any atom is 0.227 e. The lowest BCUT2D eigenvalue weighted by Crippen LogP contribution is -2.15. The van der Waals surface area contributed by atoms with Gasteiger partial charge in [-0.2, -0.15) is 0 Å². The van der Waals surface area contributed by atoms with Crippen LogP contribution in [0, 0.1) is 5.82 Å². The van der Waals surface area contributed by atoms with Gasteiger partial charge in [0.1, 0.15) is 17.3 Å². The Morgan fingerprint density at radius 1 is 1.10 bits per heavy atom. The predicted octanol–water partition coefficient (Wildman–Crippen LogP) is 3.24. The molecule has 1 amide bonds. The second-order valence-electron chi connectivity index (χ2n) is 4.30. The second-order valence-corrected chi connectivity index (χ2v) is 4.30. The zero-order chi connectivity index (χ0) is 15.1. The summed E-state index contributed by atoms with van der Waals surface area (Å²) in [6.45, 7) is 0.215. The van der Waals surface area contributed by atoms with Crippen LogP contribution < -0.4 is 14.8 Å². The van der Waals surface area contributed by atoms with Crippen LogP contribution in [0.3, 0.4) is 0 Å². The molecule has 0 fully saturated rings.